The third kappa shape index (κ3) is 3.96. The number of benzene rings is 1. The van der Waals surface area contributed by atoms with E-state index in [-0.39, 0.29) is 5.91 Å². The molecule has 0 atom stereocenters. The summed E-state index contributed by atoms with van der Waals surface area (Å²) in [4.78, 5) is 11.1. The molecule has 0 fully saturated rings. The van der Waals surface area contributed by atoms with E-state index in [9.17, 15) is 4.79 Å². The van der Waals surface area contributed by atoms with Crippen LogP contribution in [0.5, 0.6) is 0 Å². The molecule has 1 heterocycles. The number of furan rings is 1. The number of rotatable bonds is 5. The Balaban J connectivity index is 1.93. The van der Waals surface area contributed by atoms with Crippen LogP contribution in [-0.2, 0) is 17.9 Å². The standard InChI is InChI=1S/C15H18N2O2/c1-11-7-8-14(19-11)10-16-9-13-5-3-4-6-15(13)17-12(2)18/h3-8,16H,9-10H2,1-2H3,(H,17,18). The fraction of sp³-hybridized carbons (Fsp3) is 0.267. The Bertz CT molecular complexity index is 561. The van der Waals surface area contributed by atoms with E-state index in [2.05, 4.69) is 10.6 Å². The van der Waals surface area contributed by atoms with Crippen LogP contribution in [0, 0.1) is 6.92 Å². The van der Waals surface area contributed by atoms with Crippen LogP contribution < -0.4 is 10.6 Å². The fourth-order valence-electron chi connectivity index (χ4n) is 1.89. The highest BCUT2D eigenvalue weighted by atomic mass is 16.3. The summed E-state index contributed by atoms with van der Waals surface area (Å²) in [6.07, 6.45) is 0. The van der Waals surface area contributed by atoms with Crippen LogP contribution in [0.25, 0.3) is 0 Å². The maximum atomic E-state index is 11.1. The molecule has 0 saturated heterocycles. The van der Waals surface area contributed by atoms with Crippen molar-refractivity contribution in [2.45, 2.75) is 26.9 Å². The molecule has 2 aromatic rings. The molecule has 4 heteroatoms. The molecule has 0 spiro atoms. The number of amides is 1. The molecule has 2 rings (SSSR count). The lowest BCUT2D eigenvalue weighted by molar-refractivity contribution is -0.114. The van der Waals surface area contributed by atoms with Gasteiger partial charge in [0.1, 0.15) is 11.5 Å². The Morgan fingerprint density at radius 1 is 1.16 bits per heavy atom. The van der Waals surface area contributed by atoms with Crippen molar-refractivity contribution in [1.82, 2.24) is 5.32 Å². The van der Waals surface area contributed by atoms with Crippen molar-refractivity contribution in [3.8, 4) is 0 Å². The van der Waals surface area contributed by atoms with E-state index in [0.717, 1.165) is 22.8 Å². The average molecular weight is 258 g/mol. The molecule has 0 aliphatic heterocycles. The average Bonchev–Trinajstić information content (AvgIpc) is 2.77. The van der Waals surface area contributed by atoms with Crippen LogP contribution in [0.15, 0.2) is 40.8 Å². The first-order valence-electron chi connectivity index (χ1n) is 6.26. The van der Waals surface area contributed by atoms with Gasteiger partial charge < -0.3 is 15.1 Å². The quantitative estimate of drug-likeness (QED) is 0.867. The van der Waals surface area contributed by atoms with Gasteiger partial charge in [-0.1, -0.05) is 18.2 Å². The summed E-state index contributed by atoms with van der Waals surface area (Å²) in [6.45, 7) is 4.78. The molecular weight excluding hydrogens is 240 g/mol. The van der Waals surface area contributed by atoms with Crippen LogP contribution in [0.4, 0.5) is 5.69 Å². The minimum atomic E-state index is -0.0610. The molecule has 1 aromatic carbocycles. The number of hydrogen-bond donors (Lipinski definition) is 2. The van der Waals surface area contributed by atoms with Gasteiger partial charge in [0.05, 0.1) is 6.54 Å². The van der Waals surface area contributed by atoms with Gasteiger partial charge in [-0.2, -0.15) is 0 Å². The number of carbonyl (C=O) groups excluding carboxylic acids is 1. The topological polar surface area (TPSA) is 54.3 Å². The minimum Gasteiger partial charge on any atom is -0.465 e. The van der Waals surface area contributed by atoms with Gasteiger partial charge in [0.2, 0.25) is 5.91 Å². The van der Waals surface area contributed by atoms with Crippen LogP contribution in [-0.4, -0.2) is 5.91 Å². The van der Waals surface area contributed by atoms with E-state index in [4.69, 9.17) is 4.42 Å². The van der Waals surface area contributed by atoms with E-state index in [1.165, 1.54) is 6.92 Å². The third-order valence-corrected chi connectivity index (χ3v) is 2.74. The van der Waals surface area contributed by atoms with Gasteiger partial charge in [-0.15, -0.1) is 0 Å². The first-order chi connectivity index (χ1) is 9.15. The number of aryl methyl sites for hydroxylation is 1. The fourth-order valence-corrected chi connectivity index (χ4v) is 1.89. The SMILES string of the molecule is CC(=O)Nc1ccccc1CNCc1ccc(C)o1. The monoisotopic (exact) mass is 258 g/mol. The Kier molecular flexibility index (Phi) is 4.36. The van der Waals surface area contributed by atoms with Crippen molar-refractivity contribution in [3.05, 3.63) is 53.5 Å². The van der Waals surface area contributed by atoms with Gasteiger partial charge in [-0.05, 0) is 30.7 Å². The molecule has 1 aromatic heterocycles. The highest BCUT2D eigenvalue weighted by Crippen LogP contribution is 2.15. The molecule has 4 nitrogen and oxygen atoms in total. The van der Waals surface area contributed by atoms with Crippen LogP contribution >= 0.6 is 0 Å². The Morgan fingerprint density at radius 2 is 1.95 bits per heavy atom. The lowest BCUT2D eigenvalue weighted by Gasteiger charge is -2.10. The molecular formula is C15H18N2O2. The van der Waals surface area contributed by atoms with Gasteiger partial charge in [0.25, 0.3) is 0 Å². The van der Waals surface area contributed by atoms with Gasteiger partial charge in [0, 0.05) is 19.2 Å². The summed E-state index contributed by atoms with van der Waals surface area (Å²) < 4.78 is 5.48. The number of nitrogens with one attached hydrogen (secondary N) is 2. The summed E-state index contributed by atoms with van der Waals surface area (Å²) >= 11 is 0. The third-order valence-electron chi connectivity index (χ3n) is 2.74. The molecule has 0 aliphatic rings. The van der Waals surface area contributed by atoms with E-state index in [0.29, 0.717) is 13.1 Å². The van der Waals surface area contributed by atoms with E-state index in [1.807, 2.05) is 43.3 Å². The van der Waals surface area contributed by atoms with Crippen LogP contribution in [0.2, 0.25) is 0 Å². The van der Waals surface area contributed by atoms with Gasteiger partial charge in [-0.25, -0.2) is 0 Å². The van der Waals surface area contributed by atoms with Crippen molar-refractivity contribution in [2.24, 2.45) is 0 Å². The Morgan fingerprint density at radius 3 is 2.63 bits per heavy atom. The second-order valence-electron chi connectivity index (χ2n) is 4.45. The number of anilines is 1. The van der Waals surface area contributed by atoms with E-state index in [1.54, 1.807) is 0 Å². The van der Waals surface area contributed by atoms with Crippen molar-refractivity contribution in [1.29, 1.82) is 0 Å². The summed E-state index contributed by atoms with van der Waals surface area (Å²) in [5.41, 5.74) is 1.90. The van der Waals surface area contributed by atoms with Crippen molar-refractivity contribution in [2.75, 3.05) is 5.32 Å². The largest absolute Gasteiger partial charge is 0.465 e. The molecule has 0 radical (unpaired) electrons. The maximum absolute atomic E-state index is 11.1. The molecule has 100 valence electrons. The molecule has 0 aliphatic carbocycles. The highest BCUT2D eigenvalue weighted by molar-refractivity contribution is 5.89. The van der Waals surface area contributed by atoms with Crippen LogP contribution in [0.1, 0.15) is 24.0 Å². The number of hydrogen-bond acceptors (Lipinski definition) is 3. The molecule has 0 unspecified atom stereocenters. The summed E-state index contributed by atoms with van der Waals surface area (Å²) in [6, 6.07) is 11.7. The summed E-state index contributed by atoms with van der Waals surface area (Å²) in [7, 11) is 0. The normalized spacial score (nSPS) is 10.4. The molecule has 1 amide bonds. The summed E-state index contributed by atoms with van der Waals surface area (Å²) in [5.74, 6) is 1.76. The first-order valence-corrected chi connectivity index (χ1v) is 6.26. The lowest BCUT2D eigenvalue weighted by Crippen LogP contribution is -2.15. The smallest absolute Gasteiger partial charge is 0.221 e. The van der Waals surface area contributed by atoms with Crippen molar-refractivity contribution >= 4 is 11.6 Å². The summed E-state index contributed by atoms with van der Waals surface area (Å²) in [5, 5.41) is 6.12. The zero-order valence-corrected chi connectivity index (χ0v) is 11.2. The Labute approximate surface area is 112 Å². The highest BCUT2D eigenvalue weighted by Gasteiger charge is 2.03. The van der Waals surface area contributed by atoms with Gasteiger partial charge >= 0.3 is 0 Å². The number of para-hydroxylation sites is 1. The zero-order chi connectivity index (χ0) is 13.7. The molecule has 2 N–H and O–H groups in total. The van der Waals surface area contributed by atoms with Crippen LogP contribution in [0.3, 0.4) is 0 Å². The predicted molar refractivity (Wildman–Crippen MR) is 74.7 cm³/mol. The van der Waals surface area contributed by atoms with Crippen molar-refractivity contribution < 1.29 is 9.21 Å². The molecule has 0 saturated carbocycles. The zero-order valence-electron chi connectivity index (χ0n) is 11.2. The van der Waals surface area contributed by atoms with E-state index < -0.39 is 0 Å². The van der Waals surface area contributed by atoms with E-state index >= 15 is 0 Å². The minimum absolute atomic E-state index is 0.0610. The molecule has 19 heavy (non-hydrogen) atoms. The van der Waals surface area contributed by atoms with Crippen molar-refractivity contribution in [3.63, 3.8) is 0 Å². The van der Waals surface area contributed by atoms with Gasteiger partial charge in [0.15, 0.2) is 0 Å². The number of carbonyl (C=O) groups is 1. The first kappa shape index (κ1) is 13.4. The molecule has 0 bridgehead atoms. The Hall–Kier alpha value is -2.07. The second kappa shape index (κ2) is 6.20. The van der Waals surface area contributed by atoms with Gasteiger partial charge in [-0.3, -0.25) is 4.79 Å². The second-order valence-corrected chi connectivity index (χ2v) is 4.45. The lowest BCUT2D eigenvalue weighted by atomic mass is 10.1. The predicted octanol–water partition coefficient (Wildman–Crippen LogP) is 2.84. The maximum Gasteiger partial charge on any atom is 0.221 e.